The highest BCUT2D eigenvalue weighted by atomic mass is 16.6. The SMILES string of the molecule is Cc1ccc2c(c1)NC(=O)[C@@]21CCN(C(=O)OC(C)(C)C)C1. The monoisotopic (exact) mass is 302 g/mol. The van der Waals surface area contributed by atoms with Crippen molar-refractivity contribution in [3.8, 4) is 0 Å². The zero-order valence-electron chi connectivity index (χ0n) is 13.5. The Kier molecular flexibility index (Phi) is 3.20. The molecule has 22 heavy (non-hydrogen) atoms. The van der Waals surface area contributed by atoms with Crippen LogP contribution in [0.3, 0.4) is 0 Å². The number of benzene rings is 1. The summed E-state index contributed by atoms with van der Waals surface area (Å²) in [5, 5.41) is 2.96. The molecule has 2 amide bonds. The molecule has 118 valence electrons. The molecular formula is C17H22N2O3. The van der Waals surface area contributed by atoms with E-state index < -0.39 is 11.0 Å². The van der Waals surface area contributed by atoms with Gasteiger partial charge in [0.2, 0.25) is 5.91 Å². The summed E-state index contributed by atoms with van der Waals surface area (Å²) in [4.78, 5) is 26.4. The fraction of sp³-hybridized carbons (Fsp3) is 0.529. The van der Waals surface area contributed by atoms with Gasteiger partial charge in [-0.25, -0.2) is 4.79 Å². The van der Waals surface area contributed by atoms with Gasteiger partial charge < -0.3 is 15.0 Å². The van der Waals surface area contributed by atoms with Crippen molar-refractivity contribution in [1.29, 1.82) is 0 Å². The number of amides is 2. The van der Waals surface area contributed by atoms with Crippen molar-refractivity contribution in [3.63, 3.8) is 0 Å². The number of hydrogen-bond donors (Lipinski definition) is 1. The molecule has 2 heterocycles. The van der Waals surface area contributed by atoms with Crippen LogP contribution in [-0.4, -0.2) is 35.6 Å². The molecule has 0 aliphatic carbocycles. The van der Waals surface area contributed by atoms with Gasteiger partial charge in [0, 0.05) is 18.8 Å². The number of carbonyl (C=O) groups is 2. The second-order valence-electron chi connectivity index (χ2n) is 7.24. The van der Waals surface area contributed by atoms with Crippen LogP contribution >= 0.6 is 0 Å². The van der Waals surface area contributed by atoms with Crippen molar-refractivity contribution in [2.75, 3.05) is 18.4 Å². The number of hydrogen-bond acceptors (Lipinski definition) is 3. The number of fused-ring (bicyclic) bond motifs is 2. The molecule has 3 rings (SSSR count). The molecule has 1 N–H and O–H groups in total. The molecule has 1 saturated heterocycles. The van der Waals surface area contributed by atoms with E-state index in [1.807, 2.05) is 45.9 Å². The van der Waals surface area contributed by atoms with E-state index in [4.69, 9.17) is 4.74 Å². The third-order valence-electron chi connectivity index (χ3n) is 4.29. The highest BCUT2D eigenvalue weighted by Gasteiger charge is 2.52. The van der Waals surface area contributed by atoms with E-state index in [1.165, 1.54) is 0 Å². The summed E-state index contributed by atoms with van der Waals surface area (Å²) in [5.74, 6) is -0.0147. The molecule has 0 saturated carbocycles. The van der Waals surface area contributed by atoms with Gasteiger partial charge >= 0.3 is 6.09 Å². The Balaban J connectivity index is 1.85. The van der Waals surface area contributed by atoms with Gasteiger partial charge in [-0.15, -0.1) is 0 Å². The summed E-state index contributed by atoms with van der Waals surface area (Å²) in [7, 11) is 0. The molecule has 2 aliphatic rings. The minimum Gasteiger partial charge on any atom is -0.444 e. The number of aryl methyl sites for hydroxylation is 1. The largest absolute Gasteiger partial charge is 0.444 e. The first-order valence-electron chi connectivity index (χ1n) is 7.62. The molecule has 1 fully saturated rings. The van der Waals surface area contributed by atoms with Crippen LogP contribution < -0.4 is 5.32 Å². The number of anilines is 1. The number of ether oxygens (including phenoxy) is 1. The molecule has 5 nitrogen and oxygen atoms in total. The fourth-order valence-electron chi connectivity index (χ4n) is 3.24. The zero-order valence-corrected chi connectivity index (χ0v) is 13.5. The molecule has 2 aliphatic heterocycles. The van der Waals surface area contributed by atoms with E-state index >= 15 is 0 Å². The van der Waals surface area contributed by atoms with Crippen LogP contribution in [0.1, 0.15) is 38.3 Å². The molecule has 1 aromatic carbocycles. The van der Waals surface area contributed by atoms with Crippen molar-refractivity contribution in [3.05, 3.63) is 29.3 Å². The van der Waals surface area contributed by atoms with Gasteiger partial charge in [0.15, 0.2) is 0 Å². The summed E-state index contributed by atoms with van der Waals surface area (Å²) in [5.41, 5.74) is 1.82. The maximum Gasteiger partial charge on any atom is 0.410 e. The number of carbonyl (C=O) groups excluding carboxylic acids is 2. The highest BCUT2D eigenvalue weighted by Crippen LogP contribution is 2.44. The summed E-state index contributed by atoms with van der Waals surface area (Å²) in [6.45, 7) is 8.45. The van der Waals surface area contributed by atoms with Crippen molar-refractivity contribution in [2.24, 2.45) is 0 Å². The summed E-state index contributed by atoms with van der Waals surface area (Å²) in [6, 6.07) is 6.00. The van der Waals surface area contributed by atoms with E-state index in [0.717, 1.165) is 16.8 Å². The average Bonchev–Trinajstić information content (AvgIpc) is 2.92. The molecular weight excluding hydrogens is 280 g/mol. The van der Waals surface area contributed by atoms with Crippen molar-refractivity contribution >= 4 is 17.7 Å². The summed E-state index contributed by atoms with van der Waals surface area (Å²) in [6.07, 6.45) is 0.284. The number of nitrogens with one attached hydrogen (secondary N) is 1. The minimum atomic E-state index is -0.625. The van der Waals surface area contributed by atoms with Gasteiger partial charge in [-0.3, -0.25) is 4.79 Å². The lowest BCUT2D eigenvalue weighted by molar-refractivity contribution is -0.120. The van der Waals surface area contributed by atoms with Crippen LogP contribution in [0.4, 0.5) is 10.5 Å². The quantitative estimate of drug-likeness (QED) is 0.801. The van der Waals surface area contributed by atoms with Gasteiger partial charge in [0.05, 0.1) is 5.41 Å². The maximum absolute atomic E-state index is 12.5. The molecule has 0 bridgehead atoms. The normalized spacial score (nSPS) is 23.6. The molecule has 5 heteroatoms. The Morgan fingerprint density at radius 2 is 2.09 bits per heavy atom. The lowest BCUT2D eigenvalue weighted by Crippen LogP contribution is -2.41. The van der Waals surface area contributed by atoms with Gasteiger partial charge in [0.25, 0.3) is 0 Å². The van der Waals surface area contributed by atoms with E-state index in [9.17, 15) is 9.59 Å². The third kappa shape index (κ3) is 2.34. The Labute approximate surface area is 130 Å². The van der Waals surface area contributed by atoms with Crippen molar-refractivity contribution < 1.29 is 14.3 Å². The van der Waals surface area contributed by atoms with Gasteiger partial charge in [-0.2, -0.15) is 0 Å². The van der Waals surface area contributed by atoms with Crippen LogP contribution in [-0.2, 0) is 14.9 Å². The number of rotatable bonds is 0. The lowest BCUT2D eigenvalue weighted by Gasteiger charge is -2.26. The van der Waals surface area contributed by atoms with Crippen LogP contribution in [0.25, 0.3) is 0 Å². The lowest BCUT2D eigenvalue weighted by atomic mass is 9.81. The Morgan fingerprint density at radius 1 is 1.36 bits per heavy atom. The fourth-order valence-corrected chi connectivity index (χ4v) is 3.24. The Bertz CT molecular complexity index is 648. The first kappa shape index (κ1) is 14.9. The first-order chi connectivity index (χ1) is 10.2. The first-order valence-corrected chi connectivity index (χ1v) is 7.62. The predicted molar refractivity (Wildman–Crippen MR) is 83.9 cm³/mol. The van der Waals surface area contributed by atoms with Crippen molar-refractivity contribution in [1.82, 2.24) is 4.90 Å². The second-order valence-corrected chi connectivity index (χ2v) is 7.24. The molecule has 1 atom stereocenters. The smallest absolute Gasteiger partial charge is 0.410 e. The third-order valence-corrected chi connectivity index (χ3v) is 4.29. The van der Waals surface area contributed by atoms with Crippen LogP contribution in [0, 0.1) is 6.92 Å². The summed E-state index contributed by atoms with van der Waals surface area (Å²) < 4.78 is 5.42. The second kappa shape index (κ2) is 4.73. The van der Waals surface area contributed by atoms with Crippen molar-refractivity contribution in [2.45, 2.75) is 45.1 Å². The minimum absolute atomic E-state index is 0.0147. The van der Waals surface area contributed by atoms with E-state index in [0.29, 0.717) is 19.5 Å². The highest BCUT2D eigenvalue weighted by molar-refractivity contribution is 6.07. The standard InChI is InChI=1S/C17H22N2O3/c1-11-5-6-12-13(9-11)18-14(20)17(12)7-8-19(10-17)15(21)22-16(2,3)4/h5-6,9H,7-8,10H2,1-4H3,(H,18,20)/t17-/m1/s1. The van der Waals surface area contributed by atoms with E-state index in [-0.39, 0.29) is 12.0 Å². The number of likely N-dealkylation sites (tertiary alicyclic amines) is 1. The molecule has 0 radical (unpaired) electrons. The molecule has 0 aromatic heterocycles. The average molecular weight is 302 g/mol. The Hall–Kier alpha value is -2.04. The molecule has 1 spiro atoms. The maximum atomic E-state index is 12.5. The van der Waals surface area contributed by atoms with Gasteiger partial charge in [0.1, 0.15) is 5.60 Å². The predicted octanol–water partition coefficient (Wildman–Crippen LogP) is 2.83. The summed E-state index contributed by atoms with van der Waals surface area (Å²) >= 11 is 0. The topological polar surface area (TPSA) is 58.6 Å². The van der Waals surface area contributed by atoms with Gasteiger partial charge in [-0.1, -0.05) is 12.1 Å². The Morgan fingerprint density at radius 3 is 2.77 bits per heavy atom. The van der Waals surface area contributed by atoms with Crippen LogP contribution in [0.2, 0.25) is 0 Å². The van der Waals surface area contributed by atoms with E-state index in [2.05, 4.69) is 5.32 Å². The van der Waals surface area contributed by atoms with Crippen LogP contribution in [0.15, 0.2) is 18.2 Å². The zero-order chi connectivity index (χ0) is 16.1. The van der Waals surface area contributed by atoms with Crippen LogP contribution in [0.5, 0.6) is 0 Å². The van der Waals surface area contributed by atoms with E-state index in [1.54, 1.807) is 4.90 Å². The molecule has 0 unspecified atom stereocenters. The molecule has 1 aromatic rings. The van der Waals surface area contributed by atoms with Gasteiger partial charge in [-0.05, 0) is 51.3 Å². The number of nitrogens with zero attached hydrogens (tertiary/aromatic N) is 1.